The van der Waals surface area contributed by atoms with Crippen LogP contribution in [-0.2, 0) is 6.54 Å². The van der Waals surface area contributed by atoms with E-state index < -0.39 is 0 Å². The Kier molecular flexibility index (Phi) is 5.43. The first kappa shape index (κ1) is 20.8. The number of piperidine rings is 1. The maximum Gasteiger partial charge on any atom is 0.0991 e. The lowest BCUT2D eigenvalue weighted by molar-refractivity contribution is -0.0483. The van der Waals surface area contributed by atoms with Gasteiger partial charge in [-0.3, -0.25) is 9.88 Å². The van der Waals surface area contributed by atoms with Gasteiger partial charge in [0, 0.05) is 50.0 Å². The minimum Gasteiger partial charge on any atom is -0.314 e. The van der Waals surface area contributed by atoms with Gasteiger partial charge in [-0.05, 0) is 63.7 Å². The Morgan fingerprint density at radius 2 is 1.47 bits per heavy atom. The van der Waals surface area contributed by atoms with Gasteiger partial charge in [-0.25, -0.2) is 0 Å². The molecule has 2 saturated heterocycles. The summed E-state index contributed by atoms with van der Waals surface area (Å²) >= 11 is 0. The van der Waals surface area contributed by atoms with Crippen molar-refractivity contribution in [2.24, 2.45) is 0 Å². The standard InChI is InChI=1S/C30H26N4/c31-17-21-3-1-5-26(15-21)23-7-9-25(10-8-23)30-28-18-33-19-29(30)34(28)20-22-4-2-6-27(16-22)24-11-13-32-14-12-24/h1-16,28-30,33H,18-20H2/t28-,29+,30?. The number of fused-ring (bicyclic) bond motifs is 2. The van der Waals surface area contributed by atoms with E-state index in [1.165, 1.54) is 22.3 Å². The van der Waals surface area contributed by atoms with Crippen LogP contribution in [-0.4, -0.2) is 35.1 Å². The van der Waals surface area contributed by atoms with Crippen molar-refractivity contribution in [1.29, 1.82) is 5.26 Å². The topological polar surface area (TPSA) is 52.0 Å². The van der Waals surface area contributed by atoms with Crippen LogP contribution in [0.15, 0.2) is 97.3 Å². The summed E-state index contributed by atoms with van der Waals surface area (Å²) in [5.74, 6) is 0.559. The highest BCUT2D eigenvalue weighted by atomic mass is 15.3. The molecule has 1 unspecified atom stereocenters. The summed E-state index contributed by atoms with van der Waals surface area (Å²) in [6.07, 6.45) is 3.70. The van der Waals surface area contributed by atoms with Crippen LogP contribution in [0.2, 0.25) is 0 Å². The summed E-state index contributed by atoms with van der Waals surface area (Å²) in [6, 6.07) is 33.1. The molecule has 0 radical (unpaired) electrons. The Labute approximate surface area is 200 Å². The lowest BCUT2D eigenvalue weighted by Gasteiger charge is -2.59. The maximum atomic E-state index is 9.20. The number of hydrogen-bond acceptors (Lipinski definition) is 4. The van der Waals surface area contributed by atoms with E-state index in [2.05, 4.69) is 88.0 Å². The summed E-state index contributed by atoms with van der Waals surface area (Å²) in [4.78, 5) is 6.81. The third kappa shape index (κ3) is 3.80. The van der Waals surface area contributed by atoms with Gasteiger partial charge in [0.2, 0.25) is 0 Å². The highest BCUT2D eigenvalue weighted by Crippen LogP contribution is 2.44. The molecule has 0 spiro atoms. The van der Waals surface area contributed by atoms with E-state index in [0.29, 0.717) is 23.6 Å². The average Bonchev–Trinajstić information content (AvgIpc) is 2.92. The van der Waals surface area contributed by atoms with E-state index in [1.54, 1.807) is 0 Å². The van der Waals surface area contributed by atoms with Gasteiger partial charge in [-0.1, -0.05) is 54.6 Å². The Balaban J connectivity index is 1.19. The number of nitrogens with one attached hydrogen (secondary N) is 1. The van der Waals surface area contributed by atoms with Crippen LogP contribution >= 0.6 is 0 Å². The SMILES string of the molecule is N#Cc1cccc(-c2ccc(C3[C@H]4CNC[C@@H]3N4Cc3cccc(-c4ccncc4)c3)cc2)c1. The second-order valence-electron chi connectivity index (χ2n) is 9.24. The predicted molar refractivity (Wildman–Crippen MR) is 135 cm³/mol. The molecular weight excluding hydrogens is 416 g/mol. The highest BCUT2D eigenvalue weighted by molar-refractivity contribution is 5.66. The zero-order valence-corrected chi connectivity index (χ0v) is 18.9. The molecule has 3 atom stereocenters. The van der Waals surface area contributed by atoms with E-state index >= 15 is 0 Å². The maximum absolute atomic E-state index is 9.20. The minimum absolute atomic E-state index is 0.510. The van der Waals surface area contributed by atoms with Gasteiger partial charge in [0.1, 0.15) is 0 Å². The van der Waals surface area contributed by atoms with Crippen LogP contribution in [0.25, 0.3) is 22.3 Å². The number of hydrogen-bond donors (Lipinski definition) is 1. The van der Waals surface area contributed by atoms with Gasteiger partial charge in [-0.2, -0.15) is 5.26 Å². The largest absolute Gasteiger partial charge is 0.314 e. The minimum atomic E-state index is 0.510. The van der Waals surface area contributed by atoms with Gasteiger partial charge >= 0.3 is 0 Å². The van der Waals surface area contributed by atoms with Crippen LogP contribution in [0.5, 0.6) is 0 Å². The average molecular weight is 443 g/mol. The van der Waals surface area contributed by atoms with E-state index in [9.17, 15) is 5.26 Å². The molecule has 2 fully saturated rings. The molecule has 6 rings (SSSR count). The van der Waals surface area contributed by atoms with Gasteiger partial charge in [-0.15, -0.1) is 0 Å². The number of rotatable bonds is 5. The summed E-state index contributed by atoms with van der Waals surface area (Å²) in [6.45, 7) is 3.03. The van der Waals surface area contributed by atoms with Gasteiger partial charge in [0.15, 0.2) is 0 Å². The molecule has 0 saturated carbocycles. The Bertz CT molecular complexity index is 1330. The number of likely N-dealkylation sites (tertiary alicyclic amines) is 1. The Morgan fingerprint density at radius 1 is 0.794 bits per heavy atom. The van der Waals surface area contributed by atoms with Crippen molar-refractivity contribution >= 4 is 0 Å². The van der Waals surface area contributed by atoms with Gasteiger partial charge in [0.05, 0.1) is 11.6 Å². The molecule has 4 heteroatoms. The summed E-state index contributed by atoms with van der Waals surface area (Å²) < 4.78 is 0. The van der Waals surface area contributed by atoms with E-state index in [4.69, 9.17) is 0 Å². The second kappa shape index (κ2) is 8.87. The second-order valence-corrected chi connectivity index (χ2v) is 9.24. The molecule has 4 aromatic rings. The highest BCUT2D eigenvalue weighted by Gasteiger charge is 2.50. The Hall–Kier alpha value is -3.78. The molecule has 0 amide bonds. The first-order valence-corrected chi connectivity index (χ1v) is 11.9. The number of benzene rings is 3. The number of pyridine rings is 1. The molecule has 2 bridgehead atoms. The first-order chi connectivity index (χ1) is 16.8. The molecule has 34 heavy (non-hydrogen) atoms. The lowest BCUT2D eigenvalue weighted by atomic mass is 9.72. The van der Waals surface area contributed by atoms with Gasteiger partial charge < -0.3 is 5.32 Å². The van der Waals surface area contributed by atoms with Crippen LogP contribution in [0.3, 0.4) is 0 Å². The number of nitriles is 1. The van der Waals surface area contributed by atoms with Crippen LogP contribution in [0, 0.1) is 11.3 Å². The fraction of sp³-hybridized carbons (Fsp3) is 0.200. The molecule has 4 nitrogen and oxygen atoms in total. The number of piperazine rings is 1. The van der Waals surface area contributed by atoms with Gasteiger partial charge in [0.25, 0.3) is 0 Å². The van der Waals surface area contributed by atoms with Crippen LogP contribution in [0.4, 0.5) is 0 Å². The molecule has 3 heterocycles. The van der Waals surface area contributed by atoms with Crippen molar-refractivity contribution in [3.63, 3.8) is 0 Å². The van der Waals surface area contributed by atoms with E-state index in [0.717, 1.165) is 30.8 Å². The van der Waals surface area contributed by atoms with Crippen LogP contribution < -0.4 is 5.32 Å². The zero-order valence-electron chi connectivity index (χ0n) is 18.9. The normalized spacial score (nSPS) is 21.4. The fourth-order valence-corrected chi connectivity index (χ4v) is 5.63. The molecule has 3 aromatic carbocycles. The summed E-state index contributed by atoms with van der Waals surface area (Å²) in [5.41, 5.74) is 8.18. The van der Waals surface area contributed by atoms with E-state index in [1.807, 2.05) is 30.6 Å². The monoisotopic (exact) mass is 442 g/mol. The molecule has 2 aliphatic rings. The third-order valence-electron chi connectivity index (χ3n) is 7.31. The van der Waals surface area contributed by atoms with Crippen molar-refractivity contribution in [3.05, 3.63) is 114 Å². The van der Waals surface area contributed by atoms with Crippen molar-refractivity contribution in [2.75, 3.05) is 13.1 Å². The predicted octanol–water partition coefficient (Wildman–Crippen LogP) is 5.23. The molecule has 1 aromatic heterocycles. The number of aromatic nitrogens is 1. The zero-order chi connectivity index (χ0) is 22.9. The summed E-state index contributed by atoms with van der Waals surface area (Å²) in [7, 11) is 0. The fourth-order valence-electron chi connectivity index (χ4n) is 5.63. The molecule has 2 aliphatic heterocycles. The summed E-state index contributed by atoms with van der Waals surface area (Å²) in [5, 5.41) is 12.8. The molecule has 1 N–H and O–H groups in total. The lowest BCUT2D eigenvalue weighted by Crippen LogP contribution is -2.72. The quantitative estimate of drug-likeness (QED) is 0.460. The third-order valence-corrected chi connectivity index (χ3v) is 7.31. The molecule has 0 aliphatic carbocycles. The van der Waals surface area contributed by atoms with E-state index in [-0.39, 0.29) is 0 Å². The molecule has 166 valence electrons. The smallest absolute Gasteiger partial charge is 0.0991 e. The number of nitrogens with zero attached hydrogens (tertiary/aromatic N) is 3. The first-order valence-electron chi connectivity index (χ1n) is 11.9. The van der Waals surface area contributed by atoms with Crippen molar-refractivity contribution in [2.45, 2.75) is 24.5 Å². The van der Waals surface area contributed by atoms with Crippen LogP contribution in [0.1, 0.15) is 22.6 Å². The Morgan fingerprint density at radius 3 is 2.21 bits per heavy atom. The van der Waals surface area contributed by atoms with Crippen molar-refractivity contribution in [1.82, 2.24) is 15.2 Å². The van der Waals surface area contributed by atoms with Crippen molar-refractivity contribution in [3.8, 4) is 28.3 Å². The van der Waals surface area contributed by atoms with Crippen molar-refractivity contribution < 1.29 is 0 Å². The molecular formula is C30H26N4.